The van der Waals surface area contributed by atoms with Crippen molar-refractivity contribution in [1.29, 1.82) is 0 Å². The van der Waals surface area contributed by atoms with E-state index in [0.717, 1.165) is 4.90 Å². The minimum atomic E-state index is -1.25. The Kier molecular flexibility index (Phi) is 3.20. The highest BCUT2D eigenvalue weighted by atomic mass is 16.5. The molecule has 0 radical (unpaired) electrons. The van der Waals surface area contributed by atoms with E-state index in [0.29, 0.717) is 5.69 Å². The number of carbonyl (C=O) groups is 3. The van der Waals surface area contributed by atoms with E-state index >= 15 is 0 Å². The molecule has 2 heterocycles. The molecule has 2 amide bonds. The fraction of sp³-hybridized carbons (Fsp3) is 0.333. The molecule has 0 aliphatic carbocycles. The Labute approximate surface area is 126 Å². The molecule has 1 fully saturated rings. The van der Waals surface area contributed by atoms with Crippen molar-refractivity contribution in [3.05, 3.63) is 30.3 Å². The second-order valence-electron chi connectivity index (χ2n) is 5.28. The maximum absolute atomic E-state index is 12.7. The van der Waals surface area contributed by atoms with E-state index in [4.69, 9.17) is 4.74 Å². The Balaban J connectivity index is 1.99. The molecule has 3 rings (SSSR count). The Bertz CT molecular complexity index is 685. The first-order valence-electron chi connectivity index (χ1n) is 6.96. The number of ether oxygens (including phenoxy) is 1. The molecule has 2 atom stereocenters. The van der Waals surface area contributed by atoms with Crippen molar-refractivity contribution in [1.82, 2.24) is 5.43 Å². The molecule has 0 spiro atoms. The number of amides is 2. The van der Waals surface area contributed by atoms with Crippen LogP contribution in [-0.4, -0.2) is 35.6 Å². The molecular weight excluding hydrogens is 286 g/mol. The van der Waals surface area contributed by atoms with Crippen molar-refractivity contribution in [2.45, 2.75) is 19.4 Å². The highest BCUT2D eigenvalue weighted by molar-refractivity contribution is 6.47. The molecule has 1 saturated heterocycles. The maximum Gasteiger partial charge on any atom is 0.355 e. The molecule has 1 N–H and O–H groups in total. The summed E-state index contributed by atoms with van der Waals surface area (Å²) in [6.45, 7) is 3.40. The molecular formula is C15H15N3O4. The lowest BCUT2D eigenvalue weighted by Crippen LogP contribution is -2.48. The summed E-state index contributed by atoms with van der Waals surface area (Å²) in [6, 6.07) is 8.60. The van der Waals surface area contributed by atoms with Crippen molar-refractivity contribution < 1.29 is 19.1 Å². The Morgan fingerprint density at radius 1 is 1.36 bits per heavy atom. The van der Waals surface area contributed by atoms with Crippen molar-refractivity contribution in [2.24, 2.45) is 11.0 Å². The summed E-state index contributed by atoms with van der Waals surface area (Å²) in [4.78, 5) is 38.4. The Morgan fingerprint density at radius 2 is 2.05 bits per heavy atom. The number of benzene rings is 1. The van der Waals surface area contributed by atoms with Crippen molar-refractivity contribution in [3.8, 4) is 0 Å². The van der Waals surface area contributed by atoms with Crippen LogP contribution in [0.3, 0.4) is 0 Å². The van der Waals surface area contributed by atoms with Gasteiger partial charge in [-0.05, 0) is 26.0 Å². The number of rotatable bonds is 3. The predicted molar refractivity (Wildman–Crippen MR) is 78.0 cm³/mol. The minimum Gasteiger partial charge on any atom is -0.461 e. The van der Waals surface area contributed by atoms with Gasteiger partial charge in [0.2, 0.25) is 5.91 Å². The lowest BCUT2D eigenvalue weighted by Gasteiger charge is -2.20. The van der Waals surface area contributed by atoms with Crippen LogP contribution in [0.1, 0.15) is 13.8 Å². The molecule has 22 heavy (non-hydrogen) atoms. The Morgan fingerprint density at radius 3 is 2.68 bits per heavy atom. The molecule has 0 aromatic heterocycles. The van der Waals surface area contributed by atoms with E-state index in [-0.39, 0.29) is 12.3 Å². The highest BCUT2D eigenvalue weighted by Gasteiger charge is 2.63. The third-order valence-corrected chi connectivity index (χ3v) is 3.87. The maximum atomic E-state index is 12.7. The number of fused-ring (bicyclic) bond motifs is 1. The molecule has 1 aromatic rings. The van der Waals surface area contributed by atoms with Gasteiger partial charge in [0.25, 0.3) is 5.91 Å². The van der Waals surface area contributed by atoms with Crippen molar-refractivity contribution in [3.63, 3.8) is 0 Å². The normalized spacial score (nSPS) is 26.5. The molecule has 2 aliphatic heterocycles. The average molecular weight is 301 g/mol. The first-order chi connectivity index (χ1) is 10.5. The van der Waals surface area contributed by atoms with Gasteiger partial charge >= 0.3 is 5.97 Å². The van der Waals surface area contributed by atoms with Crippen LogP contribution in [-0.2, 0) is 19.1 Å². The van der Waals surface area contributed by atoms with Crippen molar-refractivity contribution >= 4 is 29.2 Å². The van der Waals surface area contributed by atoms with Crippen LogP contribution < -0.4 is 10.3 Å². The van der Waals surface area contributed by atoms with Gasteiger partial charge in [-0.15, -0.1) is 0 Å². The molecule has 0 bridgehead atoms. The van der Waals surface area contributed by atoms with Crippen LogP contribution in [0, 0.1) is 5.92 Å². The summed E-state index contributed by atoms with van der Waals surface area (Å²) < 4.78 is 4.91. The van der Waals surface area contributed by atoms with Gasteiger partial charge in [-0.25, -0.2) is 9.69 Å². The largest absolute Gasteiger partial charge is 0.461 e. The van der Waals surface area contributed by atoms with Crippen LogP contribution >= 0.6 is 0 Å². The van der Waals surface area contributed by atoms with Crippen LogP contribution in [0.5, 0.6) is 0 Å². The average Bonchev–Trinajstić information content (AvgIpc) is 2.95. The van der Waals surface area contributed by atoms with Crippen molar-refractivity contribution in [2.75, 3.05) is 11.5 Å². The van der Waals surface area contributed by atoms with Crippen LogP contribution in [0.25, 0.3) is 0 Å². The smallest absolute Gasteiger partial charge is 0.355 e. The Hall–Kier alpha value is -2.70. The molecule has 0 unspecified atom stereocenters. The zero-order chi connectivity index (χ0) is 15.9. The standard InChI is InChI=1S/C15H15N3O4/c1-3-22-13(20)11-10-12(19)18(9-7-5-4-6-8-9)14(21)15(10,2)17-16-11/h4-8,10,17H,3H2,1-2H3/t10-,15-/m0/s1. The number of anilines is 1. The first kappa shape index (κ1) is 14.2. The van der Waals surface area contributed by atoms with Gasteiger partial charge in [0.1, 0.15) is 11.5 Å². The summed E-state index contributed by atoms with van der Waals surface area (Å²) in [5.74, 6) is -2.56. The second kappa shape index (κ2) is 4.94. The second-order valence-corrected chi connectivity index (χ2v) is 5.28. The fourth-order valence-corrected chi connectivity index (χ4v) is 2.77. The molecule has 2 aliphatic rings. The number of hydrogen-bond donors (Lipinski definition) is 1. The molecule has 7 nitrogen and oxygen atoms in total. The quantitative estimate of drug-likeness (QED) is 0.647. The number of imide groups is 1. The van der Waals surface area contributed by atoms with Gasteiger partial charge in [0, 0.05) is 0 Å². The number of para-hydroxylation sites is 1. The summed E-state index contributed by atoms with van der Waals surface area (Å²) >= 11 is 0. The number of hydrogen-bond acceptors (Lipinski definition) is 6. The number of nitrogens with zero attached hydrogens (tertiary/aromatic N) is 2. The van der Waals surface area contributed by atoms with E-state index < -0.39 is 29.2 Å². The van der Waals surface area contributed by atoms with E-state index in [1.54, 1.807) is 44.2 Å². The molecule has 114 valence electrons. The number of esters is 1. The van der Waals surface area contributed by atoms with Gasteiger partial charge in [-0.3, -0.25) is 15.0 Å². The summed E-state index contributed by atoms with van der Waals surface area (Å²) in [5.41, 5.74) is 1.80. The minimum absolute atomic E-state index is 0.0545. The summed E-state index contributed by atoms with van der Waals surface area (Å²) in [6.07, 6.45) is 0. The summed E-state index contributed by atoms with van der Waals surface area (Å²) in [7, 11) is 0. The lowest BCUT2D eigenvalue weighted by molar-refractivity contribution is -0.136. The lowest BCUT2D eigenvalue weighted by atomic mass is 9.86. The number of nitrogens with one attached hydrogen (secondary N) is 1. The third-order valence-electron chi connectivity index (χ3n) is 3.87. The molecule has 0 saturated carbocycles. The SMILES string of the molecule is CCOC(=O)C1=NN[C@]2(C)C(=O)N(c3ccccc3)C(=O)[C@H]12. The van der Waals surface area contributed by atoms with Gasteiger partial charge in [-0.1, -0.05) is 18.2 Å². The third kappa shape index (κ3) is 1.82. The van der Waals surface area contributed by atoms with E-state index in [2.05, 4.69) is 10.5 Å². The highest BCUT2D eigenvalue weighted by Crippen LogP contribution is 2.37. The number of hydrazone groups is 1. The topological polar surface area (TPSA) is 88.1 Å². The van der Waals surface area contributed by atoms with Gasteiger partial charge in [0.15, 0.2) is 5.71 Å². The van der Waals surface area contributed by atoms with Crippen LogP contribution in [0.2, 0.25) is 0 Å². The van der Waals surface area contributed by atoms with Crippen LogP contribution in [0.4, 0.5) is 5.69 Å². The zero-order valence-electron chi connectivity index (χ0n) is 12.2. The van der Waals surface area contributed by atoms with Crippen LogP contribution in [0.15, 0.2) is 35.4 Å². The van der Waals surface area contributed by atoms with E-state index in [1.165, 1.54) is 0 Å². The number of carbonyl (C=O) groups excluding carboxylic acids is 3. The monoisotopic (exact) mass is 301 g/mol. The zero-order valence-corrected chi connectivity index (χ0v) is 12.2. The van der Waals surface area contributed by atoms with Gasteiger partial charge < -0.3 is 4.74 Å². The predicted octanol–water partition coefficient (Wildman–Crippen LogP) is 0.457. The van der Waals surface area contributed by atoms with Gasteiger partial charge in [0.05, 0.1) is 12.3 Å². The summed E-state index contributed by atoms with van der Waals surface area (Å²) in [5, 5.41) is 3.86. The van der Waals surface area contributed by atoms with E-state index in [1.807, 2.05) is 0 Å². The van der Waals surface area contributed by atoms with Gasteiger partial charge in [-0.2, -0.15) is 5.10 Å². The fourth-order valence-electron chi connectivity index (χ4n) is 2.77. The van der Waals surface area contributed by atoms with E-state index in [9.17, 15) is 14.4 Å². The molecule has 7 heteroatoms. The first-order valence-corrected chi connectivity index (χ1v) is 6.96. The molecule has 1 aromatic carbocycles.